The maximum Gasteiger partial charge on any atom is 0.211 e. The molecule has 0 amide bonds. The van der Waals surface area contributed by atoms with E-state index in [0.29, 0.717) is 6.61 Å². The van der Waals surface area contributed by atoms with Crippen LogP contribution in [0, 0.1) is 0 Å². The lowest BCUT2D eigenvalue weighted by Crippen LogP contribution is -2.49. The minimum Gasteiger partial charge on any atom is -0.375 e. The van der Waals surface area contributed by atoms with Crippen molar-refractivity contribution in [3.8, 4) is 0 Å². The summed E-state index contributed by atoms with van der Waals surface area (Å²) in [5.41, 5.74) is -0.0346. The van der Waals surface area contributed by atoms with Crippen LogP contribution in [0.5, 0.6) is 0 Å². The van der Waals surface area contributed by atoms with Crippen LogP contribution in [-0.4, -0.2) is 32.4 Å². The smallest absolute Gasteiger partial charge is 0.211 e. The van der Waals surface area contributed by atoms with Gasteiger partial charge in [0.25, 0.3) is 0 Å². The Morgan fingerprint density at radius 2 is 1.95 bits per heavy atom. The number of hydrogen-bond acceptors (Lipinski definition) is 3. The molecule has 1 N–H and O–H groups in total. The molecule has 1 spiro atoms. The molecule has 1 aliphatic heterocycles. The summed E-state index contributed by atoms with van der Waals surface area (Å²) in [5.74, 6) is 0.269. The maximum atomic E-state index is 12.1. The Balaban J connectivity index is 1.86. The number of hydrogen-bond donors (Lipinski definition) is 1. The van der Waals surface area contributed by atoms with E-state index < -0.39 is 10.0 Å². The molecule has 4 nitrogen and oxygen atoms in total. The third kappa shape index (κ3) is 4.71. The largest absolute Gasteiger partial charge is 0.375 e. The zero-order valence-corrected chi connectivity index (χ0v) is 13.5. The molecule has 1 atom stereocenters. The summed E-state index contributed by atoms with van der Waals surface area (Å²) in [6.45, 7) is 2.79. The van der Waals surface area contributed by atoms with Gasteiger partial charge in [0.05, 0.1) is 11.4 Å². The first-order chi connectivity index (χ1) is 9.55. The minimum absolute atomic E-state index is 0.0346. The second-order valence-corrected chi connectivity index (χ2v) is 8.30. The summed E-state index contributed by atoms with van der Waals surface area (Å²) in [6.07, 6.45) is 10.4. The lowest BCUT2D eigenvalue weighted by atomic mass is 9.78. The van der Waals surface area contributed by atoms with Crippen LogP contribution in [0.25, 0.3) is 0 Å². The lowest BCUT2D eigenvalue weighted by Gasteiger charge is -2.43. The van der Waals surface area contributed by atoms with E-state index in [2.05, 4.69) is 11.6 Å². The van der Waals surface area contributed by atoms with E-state index in [1.165, 1.54) is 19.3 Å². The zero-order chi connectivity index (χ0) is 14.5. The van der Waals surface area contributed by atoms with Crippen LogP contribution in [0.3, 0.4) is 0 Å². The normalized spacial score (nSPS) is 26.8. The highest BCUT2D eigenvalue weighted by atomic mass is 32.2. The summed E-state index contributed by atoms with van der Waals surface area (Å²) in [6, 6.07) is 0.0773. The Kier molecular flexibility index (Phi) is 5.87. The predicted molar refractivity (Wildman–Crippen MR) is 81.2 cm³/mol. The van der Waals surface area contributed by atoms with Crippen molar-refractivity contribution < 1.29 is 13.2 Å². The average molecular weight is 303 g/mol. The molecule has 0 unspecified atom stereocenters. The fourth-order valence-corrected chi connectivity index (χ4v) is 4.94. The molecule has 0 aromatic rings. The topological polar surface area (TPSA) is 55.4 Å². The van der Waals surface area contributed by atoms with E-state index in [4.69, 9.17) is 4.74 Å². The SMILES string of the molecule is CCCCCS(=O)(=O)N[C@@H]1CCOC2(CCCCC2)C1. The molecule has 1 saturated heterocycles. The van der Waals surface area contributed by atoms with Gasteiger partial charge in [-0.05, 0) is 32.1 Å². The molecule has 0 bridgehead atoms. The Labute approximate surface area is 123 Å². The van der Waals surface area contributed by atoms with Crippen LogP contribution < -0.4 is 4.72 Å². The van der Waals surface area contributed by atoms with Gasteiger partial charge in [-0.15, -0.1) is 0 Å². The first-order valence-corrected chi connectivity index (χ1v) is 9.84. The number of sulfonamides is 1. The van der Waals surface area contributed by atoms with Crippen molar-refractivity contribution >= 4 is 10.0 Å². The minimum atomic E-state index is -3.11. The lowest BCUT2D eigenvalue weighted by molar-refractivity contribution is -0.106. The molecular formula is C15H29NO3S. The third-order valence-electron chi connectivity index (χ3n) is 4.62. The zero-order valence-electron chi connectivity index (χ0n) is 12.7. The second kappa shape index (κ2) is 7.23. The van der Waals surface area contributed by atoms with Crippen LogP contribution in [0.2, 0.25) is 0 Å². The number of unbranched alkanes of at least 4 members (excludes halogenated alkanes) is 2. The Bertz CT molecular complexity index is 382. The highest BCUT2D eigenvalue weighted by Crippen LogP contribution is 2.38. The monoisotopic (exact) mass is 303 g/mol. The van der Waals surface area contributed by atoms with E-state index in [9.17, 15) is 8.42 Å². The average Bonchev–Trinajstić information content (AvgIpc) is 2.39. The Morgan fingerprint density at radius 1 is 1.20 bits per heavy atom. The molecule has 2 fully saturated rings. The Hall–Kier alpha value is -0.130. The molecule has 1 heterocycles. The molecule has 0 radical (unpaired) electrons. The first-order valence-electron chi connectivity index (χ1n) is 8.19. The van der Waals surface area contributed by atoms with Crippen LogP contribution in [0.15, 0.2) is 0 Å². The van der Waals surface area contributed by atoms with E-state index in [1.54, 1.807) is 0 Å². The van der Waals surface area contributed by atoms with Crippen molar-refractivity contribution in [1.29, 1.82) is 0 Å². The highest BCUT2D eigenvalue weighted by Gasteiger charge is 2.39. The summed E-state index contributed by atoms with van der Waals surface area (Å²) >= 11 is 0. The van der Waals surface area contributed by atoms with Gasteiger partial charge in [-0.1, -0.05) is 39.0 Å². The molecule has 118 valence electrons. The van der Waals surface area contributed by atoms with Crippen LogP contribution in [-0.2, 0) is 14.8 Å². The van der Waals surface area contributed by atoms with Crippen LogP contribution in [0.4, 0.5) is 0 Å². The van der Waals surface area contributed by atoms with E-state index >= 15 is 0 Å². The second-order valence-electron chi connectivity index (χ2n) is 6.43. The van der Waals surface area contributed by atoms with Gasteiger partial charge < -0.3 is 4.74 Å². The van der Waals surface area contributed by atoms with Crippen molar-refractivity contribution in [2.45, 2.75) is 82.8 Å². The maximum absolute atomic E-state index is 12.1. The predicted octanol–water partition coefficient (Wildman–Crippen LogP) is 2.98. The van der Waals surface area contributed by atoms with Crippen molar-refractivity contribution in [1.82, 2.24) is 4.72 Å². The molecule has 20 heavy (non-hydrogen) atoms. The Morgan fingerprint density at radius 3 is 2.65 bits per heavy atom. The van der Waals surface area contributed by atoms with Gasteiger partial charge in [0.1, 0.15) is 0 Å². The van der Waals surface area contributed by atoms with Crippen LogP contribution >= 0.6 is 0 Å². The van der Waals surface area contributed by atoms with Gasteiger partial charge in [0, 0.05) is 12.6 Å². The molecule has 2 aliphatic rings. The summed E-state index contributed by atoms with van der Waals surface area (Å²) < 4.78 is 33.1. The first kappa shape index (κ1) is 16.2. The third-order valence-corrected chi connectivity index (χ3v) is 6.14. The van der Waals surface area contributed by atoms with Gasteiger partial charge in [0.15, 0.2) is 0 Å². The number of nitrogens with one attached hydrogen (secondary N) is 1. The quantitative estimate of drug-likeness (QED) is 0.768. The molecular weight excluding hydrogens is 274 g/mol. The molecule has 5 heteroatoms. The number of rotatable bonds is 6. The van der Waals surface area contributed by atoms with E-state index in [1.807, 2.05) is 0 Å². The molecule has 0 aromatic carbocycles. The van der Waals surface area contributed by atoms with Crippen LogP contribution in [0.1, 0.15) is 71.1 Å². The fraction of sp³-hybridized carbons (Fsp3) is 1.00. The molecule has 0 aromatic heterocycles. The molecule has 1 aliphatic carbocycles. The fourth-order valence-electron chi connectivity index (χ4n) is 3.53. The van der Waals surface area contributed by atoms with Crippen molar-refractivity contribution in [2.24, 2.45) is 0 Å². The summed E-state index contributed by atoms with van der Waals surface area (Å²) in [7, 11) is -3.11. The highest BCUT2D eigenvalue weighted by molar-refractivity contribution is 7.89. The molecule has 2 rings (SSSR count). The summed E-state index contributed by atoms with van der Waals surface area (Å²) in [4.78, 5) is 0. The number of ether oxygens (including phenoxy) is 1. The van der Waals surface area contributed by atoms with Crippen molar-refractivity contribution in [3.05, 3.63) is 0 Å². The summed E-state index contributed by atoms with van der Waals surface area (Å²) in [5, 5.41) is 0. The van der Waals surface area contributed by atoms with E-state index in [0.717, 1.165) is 44.9 Å². The molecule has 1 saturated carbocycles. The van der Waals surface area contributed by atoms with Gasteiger partial charge in [0.2, 0.25) is 10.0 Å². The van der Waals surface area contributed by atoms with Gasteiger partial charge in [-0.2, -0.15) is 0 Å². The van der Waals surface area contributed by atoms with Crippen molar-refractivity contribution in [2.75, 3.05) is 12.4 Å². The van der Waals surface area contributed by atoms with Gasteiger partial charge >= 0.3 is 0 Å². The standard InChI is InChI=1S/C15H29NO3S/c1-2-3-7-12-20(17,18)16-14-8-11-19-15(13-14)9-5-4-6-10-15/h14,16H,2-13H2,1H3/t14-/m1/s1. The van der Waals surface area contributed by atoms with Crippen molar-refractivity contribution in [3.63, 3.8) is 0 Å². The van der Waals surface area contributed by atoms with Gasteiger partial charge in [-0.25, -0.2) is 13.1 Å². The van der Waals surface area contributed by atoms with Gasteiger partial charge in [-0.3, -0.25) is 0 Å². The van der Waals surface area contributed by atoms with E-state index in [-0.39, 0.29) is 17.4 Å².